The van der Waals surface area contributed by atoms with E-state index < -0.39 is 0 Å². The molecule has 8 nitrogen and oxygen atoms in total. The average molecular weight is 364 g/mol. The highest BCUT2D eigenvalue weighted by atomic mass is 16.5. The zero-order chi connectivity index (χ0) is 19.2. The van der Waals surface area contributed by atoms with Crippen molar-refractivity contribution in [3.63, 3.8) is 0 Å². The second-order valence-corrected chi connectivity index (χ2v) is 5.84. The highest BCUT2D eigenvalue weighted by molar-refractivity contribution is 5.75. The number of hydrogen-bond acceptors (Lipinski definition) is 5. The number of guanidine groups is 1. The van der Waals surface area contributed by atoms with Gasteiger partial charge in [0.2, 0.25) is 5.91 Å². The summed E-state index contributed by atoms with van der Waals surface area (Å²) in [7, 11) is 0. The standard InChI is InChI=1S/C18H28N4O4/c19-16(23)5-2-4-12-25-15-9-7-14(8-10-15)13-26-17(24)6-1-3-11-22-18(20)21/h7-10H,1-6,11-13H2,(H2,19,23)(H4,20,21,22). The van der Waals surface area contributed by atoms with Gasteiger partial charge < -0.3 is 26.7 Å². The molecular formula is C18H28N4O4. The SMILES string of the molecule is NC(=O)CCCCOc1ccc(COC(=O)CCCCN=C(N)N)cc1. The Morgan fingerprint density at radius 3 is 2.27 bits per heavy atom. The maximum atomic E-state index is 11.7. The van der Waals surface area contributed by atoms with Crippen LogP contribution in [0.4, 0.5) is 0 Å². The van der Waals surface area contributed by atoms with Gasteiger partial charge in [-0.2, -0.15) is 0 Å². The molecule has 6 N–H and O–H groups in total. The Balaban J connectivity index is 2.16. The summed E-state index contributed by atoms with van der Waals surface area (Å²) in [6, 6.07) is 7.36. The molecule has 0 saturated carbocycles. The molecule has 0 unspecified atom stereocenters. The van der Waals surface area contributed by atoms with E-state index >= 15 is 0 Å². The van der Waals surface area contributed by atoms with Crippen LogP contribution in [0.25, 0.3) is 0 Å². The zero-order valence-corrected chi connectivity index (χ0v) is 15.0. The Labute approximate surface area is 153 Å². The molecule has 0 heterocycles. The summed E-state index contributed by atoms with van der Waals surface area (Å²) < 4.78 is 10.8. The molecule has 0 radical (unpaired) electrons. The number of nitrogens with zero attached hydrogens (tertiary/aromatic N) is 1. The molecule has 1 aromatic rings. The molecule has 8 heteroatoms. The minimum Gasteiger partial charge on any atom is -0.494 e. The molecule has 1 amide bonds. The van der Waals surface area contributed by atoms with Crippen molar-refractivity contribution in [3.05, 3.63) is 29.8 Å². The first kappa shape index (κ1) is 21.3. The number of hydrogen-bond donors (Lipinski definition) is 3. The van der Waals surface area contributed by atoms with Gasteiger partial charge in [-0.3, -0.25) is 14.6 Å². The minimum absolute atomic E-state index is 0.0608. The maximum absolute atomic E-state index is 11.7. The summed E-state index contributed by atoms with van der Waals surface area (Å²) in [5.41, 5.74) is 16.4. The molecule has 0 spiro atoms. The largest absolute Gasteiger partial charge is 0.494 e. The van der Waals surface area contributed by atoms with Gasteiger partial charge in [-0.25, -0.2) is 0 Å². The highest BCUT2D eigenvalue weighted by Gasteiger charge is 2.04. The van der Waals surface area contributed by atoms with Crippen LogP contribution in [-0.4, -0.2) is 31.0 Å². The highest BCUT2D eigenvalue weighted by Crippen LogP contribution is 2.14. The number of primary amides is 1. The van der Waals surface area contributed by atoms with Gasteiger partial charge in [0.25, 0.3) is 0 Å². The summed E-state index contributed by atoms with van der Waals surface area (Å²) in [6.45, 7) is 1.27. The van der Waals surface area contributed by atoms with Crippen LogP contribution in [0.1, 0.15) is 44.1 Å². The number of carbonyl (C=O) groups excluding carboxylic acids is 2. The van der Waals surface area contributed by atoms with Crippen molar-refractivity contribution in [2.75, 3.05) is 13.2 Å². The lowest BCUT2D eigenvalue weighted by atomic mass is 10.2. The lowest BCUT2D eigenvalue weighted by molar-refractivity contribution is -0.145. The molecule has 0 bridgehead atoms. The molecular weight excluding hydrogens is 336 g/mol. The van der Waals surface area contributed by atoms with Gasteiger partial charge in [0.05, 0.1) is 6.61 Å². The van der Waals surface area contributed by atoms with Crippen LogP contribution in [-0.2, 0) is 20.9 Å². The van der Waals surface area contributed by atoms with Crippen LogP contribution < -0.4 is 21.9 Å². The predicted molar refractivity (Wildman–Crippen MR) is 99.3 cm³/mol. The maximum Gasteiger partial charge on any atom is 0.306 e. The lowest BCUT2D eigenvalue weighted by Gasteiger charge is -2.08. The topological polar surface area (TPSA) is 143 Å². The number of aliphatic imine (C=N–C) groups is 1. The van der Waals surface area contributed by atoms with E-state index in [9.17, 15) is 9.59 Å². The van der Waals surface area contributed by atoms with E-state index in [2.05, 4.69) is 4.99 Å². The fourth-order valence-corrected chi connectivity index (χ4v) is 2.10. The number of benzene rings is 1. The van der Waals surface area contributed by atoms with Crippen molar-refractivity contribution in [1.82, 2.24) is 0 Å². The molecule has 0 saturated heterocycles. The molecule has 144 valence electrons. The summed E-state index contributed by atoms with van der Waals surface area (Å²) in [5.74, 6) is 0.256. The molecule has 1 aromatic carbocycles. The van der Waals surface area contributed by atoms with Crippen molar-refractivity contribution >= 4 is 17.8 Å². The van der Waals surface area contributed by atoms with Crippen LogP contribution in [0.3, 0.4) is 0 Å². The van der Waals surface area contributed by atoms with Gasteiger partial charge >= 0.3 is 5.97 Å². The van der Waals surface area contributed by atoms with Gasteiger partial charge in [-0.05, 0) is 43.4 Å². The zero-order valence-electron chi connectivity index (χ0n) is 15.0. The van der Waals surface area contributed by atoms with Gasteiger partial charge in [0.15, 0.2) is 5.96 Å². The first-order valence-corrected chi connectivity index (χ1v) is 8.68. The van der Waals surface area contributed by atoms with Crippen molar-refractivity contribution in [1.29, 1.82) is 0 Å². The Bertz CT molecular complexity index is 583. The van der Waals surface area contributed by atoms with E-state index in [1.165, 1.54) is 0 Å². The number of ether oxygens (including phenoxy) is 2. The normalized spacial score (nSPS) is 10.2. The minimum atomic E-state index is -0.294. The van der Waals surface area contributed by atoms with Crippen LogP contribution in [0.5, 0.6) is 5.75 Å². The quantitative estimate of drug-likeness (QED) is 0.208. The second-order valence-electron chi connectivity index (χ2n) is 5.84. The van der Waals surface area contributed by atoms with E-state index in [0.717, 1.165) is 30.6 Å². The molecule has 1 rings (SSSR count). The Morgan fingerprint density at radius 1 is 0.923 bits per heavy atom. The van der Waals surface area contributed by atoms with Gasteiger partial charge in [-0.1, -0.05) is 12.1 Å². The summed E-state index contributed by atoms with van der Waals surface area (Å²) in [4.78, 5) is 26.1. The Morgan fingerprint density at radius 2 is 1.62 bits per heavy atom. The average Bonchev–Trinajstić information content (AvgIpc) is 2.60. The lowest BCUT2D eigenvalue weighted by Crippen LogP contribution is -2.22. The molecule has 0 aliphatic carbocycles. The monoisotopic (exact) mass is 364 g/mol. The van der Waals surface area contributed by atoms with Crippen molar-refractivity contribution in [3.8, 4) is 5.75 Å². The van der Waals surface area contributed by atoms with Crippen molar-refractivity contribution in [2.24, 2.45) is 22.2 Å². The van der Waals surface area contributed by atoms with Crippen LogP contribution >= 0.6 is 0 Å². The molecule has 26 heavy (non-hydrogen) atoms. The number of unbranched alkanes of at least 4 members (excludes halogenated alkanes) is 2. The van der Waals surface area contributed by atoms with E-state index in [0.29, 0.717) is 32.4 Å². The van der Waals surface area contributed by atoms with Gasteiger partial charge in [0, 0.05) is 19.4 Å². The van der Waals surface area contributed by atoms with Crippen LogP contribution in [0.2, 0.25) is 0 Å². The predicted octanol–water partition coefficient (Wildman–Crippen LogP) is 1.21. The number of rotatable bonds is 13. The fraction of sp³-hybridized carbons (Fsp3) is 0.500. The number of carbonyl (C=O) groups is 2. The molecule has 0 aromatic heterocycles. The third-order valence-corrected chi connectivity index (χ3v) is 3.49. The van der Waals surface area contributed by atoms with E-state index in [-0.39, 0.29) is 24.4 Å². The fourth-order valence-electron chi connectivity index (χ4n) is 2.10. The molecule has 0 fully saturated rings. The third kappa shape index (κ3) is 10.9. The summed E-state index contributed by atoms with van der Waals surface area (Å²) >= 11 is 0. The smallest absolute Gasteiger partial charge is 0.306 e. The summed E-state index contributed by atoms with van der Waals surface area (Å²) in [6.07, 6.45) is 3.62. The number of esters is 1. The van der Waals surface area contributed by atoms with Crippen molar-refractivity contribution in [2.45, 2.75) is 45.1 Å². The molecule has 0 atom stereocenters. The van der Waals surface area contributed by atoms with Crippen molar-refractivity contribution < 1.29 is 19.1 Å². The Kier molecular flexibility index (Phi) is 10.3. The molecule has 0 aliphatic heterocycles. The molecule has 0 aliphatic rings. The van der Waals surface area contributed by atoms with Crippen LogP contribution in [0.15, 0.2) is 29.3 Å². The first-order chi connectivity index (χ1) is 12.5. The van der Waals surface area contributed by atoms with Gasteiger partial charge in [0.1, 0.15) is 12.4 Å². The first-order valence-electron chi connectivity index (χ1n) is 8.68. The van der Waals surface area contributed by atoms with E-state index in [1.807, 2.05) is 24.3 Å². The van der Waals surface area contributed by atoms with Crippen LogP contribution in [0, 0.1) is 0 Å². The third-order valence-electron chi connectivity index (χ3n) is 3.49. The number of amides is 1. The van der Waals surface area contributed by atoms with E-state index in [4.69, 9.17) is 26.7 Å². The number of nitrogens with two attached hydrogens (primary N) is 3. The second kappa shape index (κ2) is 12.6. The van der Waals surface area contributed by atoms with E-state index in [1.54, 1.807) is 0 Å². The summed E-state index contributed by atoms with van der Waals surface area (Å²) in [5, 5.41) is 0. The van der Waals surface area contributed by atoms with Gasteiger partial charge in [-0.15, -0.1) is 0 Å². The Hall–Kier alpha value is -2.77.